The number of aliphatic hydroxyl groups is 1. The molecule has 164 valence electrons. The Kier molecular flexibility index (Phi) is 6.53. The highest BCUT2D eigenvalue weighted by atomic mass is 32.2. The Morgan fingerprint density at radius 1 is 1.43 bits per heavy atom. The first-order valence-electron chi connectivity index (χ1n) is 9.55. The Labute approximate surface area is 178 Å². The molecule has 0 aromatic carbocycles. The van der Waals surface area contributed by atoms with Crippen molar-refractivity contribution in [2.45, 2.75) is 43.9 Å². The second-order valence-corrected chi connectivity index (χ2v) is 8.67. The van der Waals surface area contributed by atoms with Gasteiger partial charge in [-0.15, -0.1) is 11.8 Å². The van der Waals surface area contributed by atoms with Crippen LogP contribution in [0.1, 0.15) is 20.3 Å². The minimum absolute atomic E-state index is 0.0189. The van der Waals surface area contributed by atoms with E-state index in [9.17, 15) is 24.3 Å². The second kappa shape index (κ2) is 8.78. The molecule has 2 fully saturated rings. The number of nitrogens with zero attached hydrogens (tertiary/aromatic N) is 2. The summed E-state index contributed by atoms with van der Waals surface area (Å²) < 4.78 is 10.4. The summed E-state index contributed by atoms with van der Waals surface area (Å²) in [6, 6.07) is -0.676. The topological polar surface area (TPSA) is 139 Å². The summed E-state index contributed by atoms with van der Waals surface area (Å²) in [7, 11) is 0. The predicted octanol–water partition coefficient (Wildman–Crippen LogP) is -0.669. The number of fused-ring (bicyclic) bond motifs is 1. The van der Waals surface area contributed by atoms with Crippen molar-refractivity contribution in [2.24, 2.45) is 11.7 Å². The van der Waals surface area contributed by atoms with Crippen LogP contribution in [0.4, 0.5) is 0 Å². The molecule has 0 aromatic rings. The Morgan fingerprint density at radius 2 is 2.13 bits per heavy atom. The van der Waals surface area contributed by atoms with Crippen molar-refractivity contribution in [3.05, 3.63) is 23.3 Å². The molecule has 0 bridgehead atoms. The molecule has 3 N–H and O–H groups in total. The van der Waals surface area contributed by atoms with Crippen LogP contribution in [0, 0.1) is 5.92 Å². The molecule has 0 radical (unpaired) electrons. The molecule has 10 nitrogen and oxygen atoms in total. The minimum Gasteiger partial charge on any atom is -0.461 e. The van der Waals surface area contributed by atoms with Crippen LogP contribution >= 0.6 is 11.8 Å². The highest BCUT2D eigenvalue weighted by Crippen LogP contribution is 2.51. The number of β-lactam (4-membered cyclic amide) rings is 1. The smallest absolute Gasteiger partial charge is 0.356 e. The van der Waals surface area contributed by atoms with Crippen LogP contribution in [0.2, 0.25) is 0 Å². The molecule has 0 spiro atoms. The standard InChI is InChI=1S/C19H25N3O7S/c1-4-5-28-19(27)15-13(30-18-14(9(2)23)17(26)22(15)18)8-21-7-11(29-10(3)24)6-12(21)16(20)25/h4,9,11-12,14,18,23H,1,5-8H2,2-3H3,(H2,20,25)/t9-,11-,12+,14+,18-/m1/s1. The number of ether oxygens (including phenoxy) is 2. The number of nitrogens with two attached hydrogens (primary N) is 1. The van der Waals surface area contributed by atoms with Gasteiger partial charge in [-0.25, -0.2) is 4.79 Å². The van der Waals surface area contributed by atoms with E-state index in [2.05, 4.69) is 6.58 Å². The third-order valence-electron chi connectivity index (χ3n) is 5.27. The van der Waals surface area contributed by atoms with Crippen molar-refractivity contribution in [1.29, 1.82) is 0 Å². The van der Waals surface area contributed by atoms with Gasteiger partial charge in [0.1, 0.15) is 23.8 Å². The molecule has 2 amide bonds. The number of hydrogen-bond acceptors (Lipinski definition) is 9. The van der Waals surface area contributed by atoms with Crippen molar-refractivity contribution >= 4 is 35.5 Å². The van der Waals surface area contributed by atoms with E-state index in [1.165, 1.54) is 36.6 Å². The number of likely N-dealkylation sites (tertiary alicyclic amines) is 1. The van der Waals surface area contributed by atoms with Gasteiger partial charge in [-0.2, -0.15) is 0 Å². The van der Waals surface area contributed by atoms with Gasteiger partial charge in [0.15, 0.2) is 0 Å². The van der Waals surface area contributed by atoms with E-state index in [1.54, 1.807) is 4.90 Å². The quantitative estimate of drug-likeness (QED) is 0.286. The van der Waals surface area contributed by atoms with Gasteiger partial charge in [0.05, 0.1) is 18.1 Å². The van der Waals surface area contributed by atoms with Crippen molar-refractivity contribution in [3.8, 4) is 0 Å². The van der Waals surface area contributed by atoms with Crippen LogP contribution in [0.3, 0.4) is 0 Å². The fourth-order valence-electron chi connectivity index (χ4n) is 3.99. The van der Waals surface area contributed by atoms with E-state index in [4.69, 9.17) is 15.2 Å². The molecule has 3 aliphatic rings. The summed E-state index contributed by atoms with van der Waals surface area (Å²) in [6.45, 7) is 6.73. The number of esters is 2. The first-order valence-corrected chi connectivity index (χ1v) is 10.4. The van der Waals surface area contributed by atoms with Crippen molar-refractivity contribution in [3.63, 3.8) is 0 Å². The average Bonchev–Trinajstić information content (AvgIpc) is 3.18. The summed E-state index contributed by atoms with van der Waals surface area (Å²) in [5.74, 6) is -2.68. The van der Waals surface area contributed by atoms with E-state index in [-0.39, 0.29) is 37.7 Å². The van der Waals surface area contributed by atoms with Crippen LogP contribution in [0.25, 0.3) is 0 Å². The molecule has 2 saturated heterocycles. The number of primary amides is 1. The van der Waals surface area contributed by atoms with Crippen molar-refractivity contribution in [2.75, 3.05) is 19.7 Å². The molecular weight excluding hydrogens is 414 g/mol. The van der Waals surface area contributed by atoms with Gasteiger partial charge in [0.2, 0.25) is 11.8 Å². The van der Waals surface area contributed by atoms with E-state index in [0.717, 1.165) is 0 Å². The first-order chi connectivity index (χ1) is 14.1. The van der Waals surface area contributed by atoms with Gasteiger partial charge in [-0.1, -0.05) is 12.7 Å². The molecule has 3 aliphatic heterocycles. The number of hydrogen-bond donors (Lipinski definition) is 2. The van der Waals surface area contributed by atoms with Gasteiger partial charge in [-0.3, -0.25) is 24.2 Å². The molecule has 0 unspecified atom stereocenters. The molecular formula is C19H25N3O7S. The number of aliphatic hydroxyl groups excluding tert-OH is 1. The summed E-state index contributed by atoms with van der Waals surface area (Å²) in [6.07, 6.45) is 0.314. The van der Waals surface area contributed by atoms with Gasteiger partial charge in [0, 0.05) is 31.3 Å². The number of thioether (sulfide) groups is 1. The third kappa shape index (κ3) is 4.09. The van der Waals surface area contributed by atoms with Crippen LogP contribution in [-0.4, -0.2) is 82.0 Å². The molecule has 30 heavy (non-hydrogen) atoms. The lowest BCUT2D eigenvalue weighted by molar-refractivity contribution is -0.158. The van der Waals surface area contributed by atoms with E-state index in [0.29, 0.717) is 4.91 Å². The van der Waals surface area contributed by atoms with E-state index < -0.39 is 47.4 Å². The van der Waals surface area contributed by atoms with Gasteiger partial charge < -0.3 is 20.3 Å². The number of rotatable bonds is 8. The van der Waals surface area contributed by atoms with Gasteiger partial charge in [0.25, 0.3) is 0 Å². The molecule has 3 heterocycles. The molecule has 3 rings (SSSR count). The Balaban J connectivity index is 1.85. The highest BCUT2D eigenvalue weighted by Gasteiger charge is 2.58. The number of carbonyl (C=O) groups excluding carboxylic acids is 4. The first kappa shape index (κ1) is 22.3. The van der Waals surface area contributed by atoms with Gasteiger partial charge in [-0.05, 0) is 6.92 Å². The maximum atomic E-state index is 12.6. The summed E-state index contributed by atoms with van der Waals surface area (Å²) in [4.78, 5) is 52.0. The zero-order valence-electron chi connectivity index (χ0n) is 16.8. The van der Waals surface area contributed by atoms with E-state index in [1.807, 2.05) is 0 Å². The van der Waals surface area contributed by atoms with Crippen molar-refractivity contribution in [1.82, 2.24) is 9.80 Å². The predicted molar refractivity (Wildman–Crippen MR) is 106 cm³/mol. The Hall–Kier alpha value is -2.37. The van der Waals surface area contributed by atoms with E-state index >= 15 is 0 Å². The maximum absolute atomic E-state index is 12.6. The van der Waals surface area contributed by atoms with Crippen molar-refractivity contribution < 1.29 is 33.8 Å². The molecule has 0 aromatic heterocycles. The Morgan fingerprint density at radius 3 is 2.70 bits per heavy atom. The Bertz CT molecular complexity index is 812. The lowest BCUT2D eigenvalue weighted by Gasteiger charge is -2.43. The molecule has 11 heteroatoms. The fraction of sp³-hybridized carbons (Fsp3) is 0.579. The zero-order valence-corrected chi connectivity index (χ0v) is 17.6. The lowest BCUT2D eigenvalue weighted by Crippen LogP contribution is -2.60. The monoisotopic (exact) mass is 439 g/mol. The summed E-state index contributed by atoms with van der Waals surface area (Å²) >= 11 is 1.28. The normalized spacial score (nSPS) is 29.3. The molecule has 0 aliphatic carbocycles. The SMILES string of the molecule is C=CCOC(=O)C1=C(CN2C[C@H](OC(C)=O)C[C@H]2C(N)=O)S[C@@H]2[C@@H]([C@@H](C)O)C(=O)N12. The fourth-order valence-corrected chi connectivity index (χ4v) is 5.62. The highest BCUT2D eigenvalue weighted by molar-refractivity contribution is 8.04. The largest absolute Gasteiger partial charge is 0.461 e. The molecule has 0 saturated carbocycles. The van der Waals surface area contributed by atoms with Crippen LogP contribution < -0.4 is 5.73 Å². The maximum Gasteiger partial charge on any atom is 0.356 e. The van der Waals surface area contributed by atoms with Crippen LogP contribution in [-0.2, 0) is 28.7 Å². The van der Waals surface area contributed by atoms with Crippen LogP contribution in [0.5, 0.6) is 0 Å². The molecule has 5 atom stereocenters. The van der Waals surface area contributed by atoms with Gasteiger partial charge >= 0.3 is 11.9 Å². The minimum atomic E-state index is -0.866. The summed E-state index contributed by atoms with van der Waals surface area (Å²) in [5, 5.41) is 9.51. The lowest BCUT2D eigenvalue weighted by atomic mass is 9.92. The third-order valence-corrected chi connectivity index (χ3v) is 6.62. The number of amides is 2. The van der Waals surface area contributed by atoms with Crippen LogP contribution in [0.15, 0.2) is 23.3 Å². The second-order valence-electron chi connectivity index (χ2n) is 7.46. The average molecular weight is 439 g/mol. The summed E-state index contributed by atoms with van der Waals surface area (Å²) in [5.41, 5.74) is 5.63. The zero-order chi connectivity index (χ0) is 22.2. The number of carbonyl (C=O) groups is 4.